The molecule has 23 heavy (non-hydrogen) atoms. The predicted molar refractivity (Wildman–Crippen MR) is 70.8 cm³/mol. The van der Waals surface area contributed by atoms with Crippen LogP contribution in [0.25, 0.3) is 0 Å². The van der Waals surface area contributed by atoms with Crippen LogP contribution in [0.3, 0.4) is 0 Å². The van der Waals surface area contributed by atoms with Crippen LogP contribution < -0.4 is 10.6 Å². The Hall–Kier alpha value is -1.72. The maximum absolute atomic E-state index is 13.9. The van der Waals surface area contributed by atoms with E-state index >= 15 is 0 Å². The highest BCUT2D eigenvalue weighted by atomic mass is 32.2. The fraction of sp³-hybridized carbons (Fsp3) is 0.417. The average Bonchev–Trinajstić information content (AvgIpc) is 2.32. The lowest BCUT2D eigenvalue weighted by molar-refractivity contribution is -0.203. The minimum Gasteiger partial charge on any atom is -0.348 e. The molecule has 0 aliphatic carbocycles. The number of carbonyl (C=O) groups excluding carboxylic acids is 1. The van der Waals surface area contributed by atoms with Crippen LogP contribution in [0.15, 0.2) is 23.1 Å². The zero-order chi connectivity index (χ0) is 18.1. The van der Waals surface area contributed by atoms with Crippen LogP contribution >= 0.6 is 0 Å². The number of nitrogens with one attached hydrogen (secondary N) is 1. The Morgan fingerprint density at radius 1 is 1.30 bits per heavy atom. The summed E-state index contributed by atoms with van der Waals surface area (Å²) in [6.45, 7) is 3.35. The summed E-state index contributed by atoms with van der Waals surface area (Å²) in [6.07, 6.45) is -5.15. The zero-order valence-corrected chi connectivity index (χ0v) is 12.9. The first-order valence-corrected chi connectivity index (χ1v) is 7.58. The molecule has 0 heterocycles. The van der Waals surface area contributed by atoms with E-state index in [-0.39, 0.29) is 6.42 Å². The lowest BCUT2D eigenvalue weighted by Crippen LogP contribution is -2.35. The third kappa shape index (κ3) is 5.77. The minimum atomic E-state index is -5.39. The monoisotopic (exact) mass is 358 g/mol. The number of rotatable bonds is 5. The Balaban J connectivity index is 2.95. The molecule has 11 heteroatoms. The van der Waals surface area contributed by atoms with E-state index in [2.05, 4.69) is 4.84 Å². The second-order valence-corrected chi connectivity index (χ2v) is 7.02. The van der Waals surface area contributed by atoms with Crippen molar-refractivity contribution in [3.05, 3.63) is 29.6 Å². The molecular weight excluding hydrogens is 344 g/mol. The number of halogens is 4. The van der Waals surface area contributed by atoms with Crippen LogP contribution in [-0.2, 0) is 26.1 Å². The lowest BCUT2D eigenvalue weighted by Gasteiger charge is -2.18. The topological polar surface area (TPSA) is 98.5 Å². The van der Waals surface area contributed by atoms with E-state index in [1.807, 2.05) is 0 Å². The summed E-state index contributed by atoms with van der Waals surface area (Å²) in [4.78, 5) is 13.8. The molecule has 6 nitrogen and oxygen atoms in total. The fourth-order valence-electron chi connectivity index (χ4n) is 1.59. The van der Waals surface area contributed by atoms with Gasteiger partial charge >= 0.3 is 12.1 Å². The first kappa shape index (κ1) is 19.3. The second-order valence-electron chi connectivity index (χ2n) is 5.40. The van der Waals surface area contributed by atoms with E-state index in [9.17, 15) is 30.8 Å². The molecule has 0 radical (unpaired) electrons. The van der Waals surface area contributed by atoms with Crippen molar-refractivity contribution in [2.24, 2.45) is 5.73 Å². The third-order valence-corrected chi connectivity index (χ3v) is 3.63. The van der Waals surface area contributed by atoms with Gasteiger partial charge in [-0.15, -0.1) is 0 Å². The normalized spacial score (nSPS) is 13.0. The molecule has 1 rings (SSSR count). The number of benzene rings is 1. The Bertz CT molecular complexity index is 696. The molecule has 1 aromatic rings. The Morgan fingerprint density at radius 2 is 1.87 bits per heavy atom. The van der Waals surface area contributed by atoms with Crippen molar-refractivity contribution in [2.75, 3.05) is 0 Å². The summed E-state index contributed by atoms with van der Waals surface area (Å²) in [5, 5.41) is 0. The van der Waals surface area contributed by atoms with Crippen molar-refractivity contribution in [1.29, 1.82) is 0 Å². The molecule has 0 bridgehead atoms. The van der Waals surface area contributed by atoms with Crippen LogP contribution in [0.5, 0.6) is 0 Å². The molecule has 0 aromatic heterocycles. The molecular formula is C12H14F4N2O4S. The molecule has 0 fully saturated rings. The quantitative estimate of drug-likeness (QED) is 0.612. The molecule has 0 saturated heterocycles. The molecule has 0 spiro atoms. The van der Waals surface area contributed by atoms with Crippen LogP contribution in [0.2, 0.25) is 0 Å². The van der Waals surface area contributed by atoms with Crippen LogP contribution in [0.4, 0.5) is 17.6 Å². The van der Waals surface area contributed by atoms with Gasteiger partial charge in [0.1, 0.15) is 10.7 Å². The Labute approximate surface area is 129 Å². The van der Waals surface area contributed by atoms with E-state index < -0.39 is 38.4 Å². The number of alkyl halides is 3. The smallest absolute Gasteiger partial charge is 0.348 e. The van der Waals surface area contributed by atoms with E-state index in [1.165, 1.54) is 6.07 Å². The van der Waals surface area contributed by atoms with Crippen molar-refractivity contribution in [3.63, 3.8) is 0 Å². The average molecular weight is 358 g/mol. The van der Waals surface area contributed by atoms with Crippen LogP contribution in [0.1, 0.15) is 19.4 Å². The zero-order valence-electron chi connectivity index (χ0n) is 12.1. The van der Waals surface area contributed by atoms with Gasteiger partial charge in [-0.1, -0.05) is 6.07 Å². The van der Waals surface area contributed by atoms with Gasteiger partial charge in [-0.25, -0.2) is 17.6 Å². The molecule has 0 aliphatic rings. The summed E-state index contributed by atoms with van der Waals surface area (Å²) >= 11 is 0. The van der Waals surface area contributed by atoms with Gasteiger partial charge in [0, 0.05) is 5.54 Å². The first-order chi connectivity index (χ1) is 10.2. The number of hydrogen-bond donors (Lipinski definition) is 2. The van der Waals surface area contributed by atoms with Crippen molar-refractivity contribution in [3.8, 4) is 0 Å². The van der Waals surface area contributed by atoms with E-state index in [0.717, 1.165) is 17.0 Å². The highest BCUT2D eigenvalue weighted by molar-refractivity contribution is 7.89. The van der Waals surface area contributed by atoms with E-state index in [4.69, 9.17) is 5.73 Å². The molecule has 1 aromatic carbocycles. The highest BCUT2D eigenvalue weighted by Crippen LogP contribution is 2.20. The van der Waals surface area contributed by atoms with E-state index in [0.29, 0.717) is 5.56 Å². The Morgan fingerprint density at radius 3 is 2.30 bits per heavy atom. The summed E-state index contributed by atoms with van der Waals surface area (Å²) in [5.74, 6) is -4.00. The summed E-state index contributed by atoms with van der Waals surface area (Å²) < 4.78 is 72.9. The second kappa shape index (κ2) is 6.42. The number of sulfonamides is 1. The predicted octanol–water partition coefficient (Wildman–Crippen LogP) is 1.40. The van der Waals surface area contributed by atoms with Crippen molar-refractivity contribution in [2.45, 2.75) is 36.9 Å². The van der Waals surface area contributed by atoms with Crippen LogP contribution in [-0.4, -0.2) is 26.1 Å². The van der Waals surface area contributed by atoms with Gasteiger partial charge in [-0.3, -0.25) is 0 Å². The maximum Gasteiger partial charge on any atom is 0.492 e. The maximum atomic E-state index is 13.9. The molecule has 0 unspecified atom stereocenters. The van der Waals surface area contributed by atoms with Gasteiger partial charge < -0.3 is 10.6 Å². The molecule has 3 N–H and O–H groups in total. The SMILES string of the molecule is CC(C)(N)Cc1ccc(S(=O)(=O)NOC(=O)C(F)(F)F)c(F)c1. The van der Waals surface area contributed by atoms with Crippen molar-refractivity contribution in [1.82, 2.24) is 4.89 Å². The van der Waals surface area contributed by atoms with Gasteiger partial charge in [-0.2, -0.15) is 13.2 Å². The molecule has 130 valence electrons. The van der Waals surface area contributed by atoms with Crippen molar-refractivity contribution < 1.29 is 35.6 Å². The first-order valence-electron chi connectivity index (χ1n) is 6.09. The third-order valence-electron chi connectivity index (χ3n) is 2.42. The summed E-state index contributed by atoms with van der Waals surface area (Å²) in [5.41, 5.74) is 5.46. The molecule has 0 amide bonds. The number of nitrogens with two attached hydrogens (primary N) is 1. The fourth-order valence-corrected chi connectivity index (χ4v) is 2.43. The minimum absolute atomic E-state index is 0.237. The van der Waals surface area contributed by atoms with Gasteiger partial charge in [0.2, 0.25) is 0 Å². The van der Waals surface area contributed by atoms with E-state index in [1.54, 1.807) is 13.8 Å². The van der Waals surface area contributed by atoms with Gasteiger partial charge in [0.25, 0.3) is 10.0 Å². The lowest BCUT2D eigenvalue weighted by atomic mass is 9.96. The number of hydrogen-bond acceptors (Lipinski definition) is 5. The van der Waals surface area contributed by atoms with Gasteiger partial charge in [-0.05, 0) is 42.8 Å². The van der Waals surface area contributed by atoms with Crippen molar-refractivity contribution >= 4 is 16.0 Å². The van der Waals surface area contributed by atoms with Crippen LogP contribution in [0, 0.1) is 5.82 Å². The molecule has 0 aliphatic heterocycles. The molecule has 0 saturated carbocycles. The molecule has 0 atom stereocenters. The standard InChI is InChI=1S/C12H14F4N2O4S/c1-11(2,17)6-7-3-4-9(8(13)5-7)23(20,21)18-22-10(19)12(14,15)16/h3-5,18H,6,17H2,1-2H3. The number of carbonyl (C=O) groups is 1. The highest BCUT2D eigenvalue weighted by Gasteiger charge is 2.42. The van der Waals surface area contributed by atoms with Gasteiger partial charge in [0.15, 0.2) is 0 Å². The summed E-state index contributed by atoms with van der Waals surface area (Å²) in [6, 6.07) is 2.97. The Kier molecular flexibility index (Phi) is 5.39. The largest absolute Gasteiger partial charge is 0.492 e. The van der Waals surface area contributed by atoms with Gasteiger partial charge in [0.05, 0.1) is 0 Å². The summed E-state index contributed by atoms with van der Waals surface area (Å²) in [7, 11) is -4.81.